The van der Waals surface area contributed by atoms with E-state index in [0.29, 0.717) is 19.2 Å². The van der Waals surface area contributed by atoms with Crippen LogP contribution in [0.1, 0.15) is 50.5 Å². The lowest BCUT2D eigenvalue weighted by Crippen LogP contribution is -2.38. The molecule has 0 spiro atoms. The molecule has 134 valence electrons. The number of nitrogens with zero attached hydrogens (tertiary/aromatic N) is 2. The molecular weight excluding hydrogens is 316 g/mol. The van der Waals surface area contributed by atoms with Crippen LogP contribution in [-0.2, 0) is 9.53 Å². The lowest BCUT2D eigenvalue weighted by Gasteiger charge is -2.22. The van der Waals surface area contributed by atoms with Gasteiger partial charge < -0.3 is 14.4 Å². The van der Waals surface area contributed by atoms with Gasteiger partial charge in [-0.05, 0) is 36.5 Å². The van der Waals surface area contributed by atoms with E-state index in [1.807, 2.05) is 11.8 Å². The summed E-state index contributed by atoms with van der Waals surface area (Å²) in [6.45, 7) is 3.79. The fraction of sp³-hybridized carbons (Fsp3) is 0.600. The van der Waals surface area contributed by atoms with Gasteiger partial charge in [-0.1, -0.05) is 38.3 Å². The molecule has 0 bridgehead atoms. The van der Waals surface area contributed by atoms with Gasteiger partial charge in [-0.25, -0.2) is 0 Å². The van der Waals surface area contributed by atoms with Crippen molar-refractivity contribution in [3.05, 3.63) is 29.8 Å². The van der Waals surface area contributed by atoms with Crippen molar-refractivity contribution in [2.75, 3.05) is 19.7 Å². The molecule has 0 N–H and O–H groups in total. The molecule has 1 aliphatic carbocycles. The van der Waals surface area contributed by atoms with Gasteiger partial charge in [0.05, 0.1) is 12.5 Å². The number of carbonyl (C=O) groups excluding carboxylic acids is 1. The van der Waals surface area contributed by atoms with Crippen LogP contribution in [0.3, 0.4) is 0 Å². The highest BCUT2D eigenvalue weighted by atomic mass is 16.6. The summed E-state index contributed by atoms with van der Waals surface area (Å²) in [5.74, 6) is 1.44. The van der Waals surface area contributed by atoms with Gasteiger partial charge in [-0.15, -0.1) is 0 Å². The van der Waals surface area contributed by atoms with Gasteiger partial charge in [0.1, 0.15) is 12.4 Å². The molecule has 2 heterocycles. The molecule has 1 amide bonds. The molecule has 0 unspecified atom stereocenters. The largest absolute Gasteiger partial charge is 0.490 e. The van der Waals surface area contributed by atoms with Crippen LogP contribution in [0.15, 0.2) is 29.3 Å². The minimum Gasteiger partial charge on any atom is -0.490 e. The summed E-state index contributed by atoms with van der Waals surface area (Å²) in [5.41, 5.74) is 1.43. The molecule has 2 aliphatic heterocycles. The zero-order valence-corrected chi connectivity index (χ0v) is 14.8. The van der Waals surface area contributed by atoms with Gasteiger partial charge in [-0.2, -0.15) is 4.99 Å². The molecule has 1 saturated heterocycles. The molecule has 5 heteroatoms. The van der Waals surface area contributed by atoms with E-state index < -0.39 is 0 Å². The topological polar surface area (TPSA) is 51.1 Å². The number of fused-ring (bicyclic) bond motifs is 1. The molecule has 5 nitrogen and oxygen atoms in total. The van der Waals surface area contributed by atoms with Gasteiger partial charge in [-0.3, -0.25) is 4.79 Å². The fourth-order valence-corrected chi connectivity index (χ4v) is 4.00. The summed E-state index contributed by atoms with van der Waals surface area (Å²) in [6, 6.07) is 9.00. The van der Waals surface area contributed by atoms with E-state index in [4.69, 9.17) is 9.47 Å². The molecule has 1 aromatic carbocycles. The maximum absolute atomic E-state index is 11.7. The Bertz CT molecular complexity index is 649. The van der Waals surface area contributed by atoms with Crippen LogP contribution in [0.4, 0.5) is 0 Å². The van der Waals surface area contributed by atoms with E-state index in [-0.39, 0.29) is 17.9 Å². The molecule has 3 aliphatic rings. The van der Waals surface area contributed by atoms with Gasteiger partial charge in [0.25, 0.3) is 11.9 Å². The Morgan fingerprint density at radius 2 is 1.92 bits per heavy atom. The molecule has 0 aromatic heterocycles. The van der Waals surface area contributed by atoms with Crippen molar-refractivity contribution in [1.82, 2.24) is 4.90 Å². The summed E-state index contributed by atoms with van der Waals surface area (Å²) in [5, 5.41) is 0. The second-order valence-corrected chi connectivity index (χ2v) is 7.49. The van der Waals surface area contributed by atoms with E-state index in [9.17, 15) is 4.79 Å². The highest BCUT2D eigenvalue weighted by Gasteiger charge is 2.36. The molecule has 0 radical (unpaired) electrons. The second-order valence-electron chi connectivity index (χ2n) is 7.49. The number of hydrogen-bond acceptors (Lipinski definition) is 4. The molecular formula is C20H26N2O3. The van der Waals surface area contributed by atoms with E-state index in [1.54, 1.807) is 0 Å². The molecule has 25 heavy (non-hydrogen) atoms. The summed E-state index contributed by atoms with van der Waals surface area (Å²) in [4.78, 5) is 17.7. The highest BCUT2D eigenvalue weighted by Crippen LogP contribution is 2.33. The van der Waals surface area contributed by atoms with Crippen LogP contribution in [0, 0.1) is 5.92 Å². The number of aliphatic imine (C=N–C) groups is 1. The fourth-order valence-electron chi connectivity index (χ4n) is 4.00. The molecule has 1 aromatic rings. The smallest absolute Gasteiger partial charge is 0.295 e. The zero-order valence-electron chi connectivity index (χ0n) is 14.8. The minimum absolute atomic E-state index is 0.0562. The average Bonchev–Trinajstić information content (AvgIpc) is 3.03. The van der Waals surface area contributed by atoms with Gasteiger partial charge in [0.15, 0.2) is 6.10 Å². The number of rotatable bonds is 4. The van der Waals surface area contributed by atoms with Crippen LogP contribution >= 0.6 is 0 Å². The Morgan fingerprint density at radius 1 is 1.16 bits per heavy atom. The second kappa shape index (κ2) is 7.06. The Kier molecular flexibility index (Phi) is 4.64. The lowest BCUT2D eigenvalue weighted by molar-refractivity contribution is -0.122. The first-order chi connectivity index (χ1) is 12.2. The maximum Gasteiger partial charge on any atom is 0.295 e. The summed E-state index contributed by atoms with van der Waals surface area (Å²) in [7, 11) is 0. The van der Waals surface area contributed by atoms with Crippen LogP contribution in [-0.4, -0.2) is 42.6 Å². The normalized spacial score (nSPS) is 26.8. The summed E-state index contributed by atoms with van der Waals surface area (Å²) in [6.07, 6.45) is 6.63. The van der Waals surface area contributed by atoms with E-state index >= 15 is 0 Å². The number of benzene rings is 1. The van der Waals surface area contributed by atoms with Crippen LogP contribution in [0.5, 0.6) is 5.75 Å². The number of amidine groups is 1. The summed E-state index contributed by atoms with van der Waals surface area (Å²) < 4.78 is 11.7. The van der Waals surface area contributed by atoms with Crippen molar-refractivity contribution in [3.8, 4) is 5.75 Å². The standard InChI is InChI=1S/C20H26N2O3/c1-14-11-22-12-18(25-20(22)21-19(14)23)13-24-17-9-7-16(8-10-17)15-5-3-2-4-6-15/h7-10,14-15,18H,2-6,11-13H2,1H3/t14-,18+/m1/s1. The van der Waals surface area contributed by atoms with Gasteiger partial charge in [0, 0.05) is 6.54 Å². The van der Waals surface area contributed by atoms with Crippen LogP contribution in [0.25, 0.3) is 0 Å². The van der Waals surface area contributed by atoms with Gasteiger partial charge in [0.2, 0.25) is 0 Å². The van der Waals surface area contributed by atoms with Crippen molar-refractivity contribution < 1.29 is 14.3 Å². The minimum atomic E-state index is -0.0916. The monoisotopic (exact) mass is 342 g/mol. The van der Waals surface area contributed by atoms with Crippen molar-refractivity contribution >= 4 is 11.9 Å². The molecule has 2 fully saturated rings. The third-order valence-corrected chi connectivity index (χ3v) is 5.48. The summed E-state index contributed by atoms with van der Waals surface area (Å²) >= 11 is 0. The van der Waals surface area contributed by atoms with Crippen molar-refractivity contribution in [2.24, 2.45) is 10.9 Å². The third-order valence-electron chi connectivity index (χ3n) is 5.48. The van der Waals surface area contributed by atoms with Crippen molar-refractivity contribution in [2.45, 2.75) is 51.0 Å². The first-order valence-electron chi connectivity index (χ1n) is 9.46. The Balaban J connectivity index is 1.30. The first-order valence-corrected chi connectivity index (χ1v) is 9.46. The van der Waals surface area contributed by atoms with Gasteiger partial charge >= 0.3 is 0 Å². The Morgan fingerprint density at radius 3 is 2.68 bits per heavy atom. The predicted octanol–water partition coefficient (Wildman–Crippen LogP) is 3.35. The van der Waals surface area contributed by atoms with Crippen molar-refractivity contribution in [3.63, 3.8) is 0 Å². The first kappa shape index (κ1) is 16.4. The lowest BCUT2D eigenvalue weighted by atomic mass is 9.84. The number of amides is 1. The number of carbonyl (C=O) groups is 1. The molecule has 1 saturated carbocycles. The third kappa shape index (κ3) is 3.65. The molecule has 2 atom stereocenters. The van der Waals surface area contributed by atoms with E-state index in [2.05, 4.69) is 29.3 Å². The highest BCUT2D eigenvalue weighted by molar-refractivity contribution is 5.94. The van der Waals surface area contributed by atoms with Crippen LogP contribution in [0.2, 0.25) is 0 Å². The zero-order chi connectivity index (χ0) is 17.2. The quantitative estimate of drug-likeness (QED) is 0.842. The Hall–Kier alpha value is -2.04. The average molecular weight is 342 g/mol. The van der Waals surface area contributed by atoms with Crippen molar-refractivity contribution in [1.29, 1.82) is 0 Å². The number of ether oxygens (including phenoxy) is 2. The van der Waals surface area contributed by atoms with E-state index in [0.717, 1.165) is 18.2 Å². The van der Waals surface area contributed by atoms with Crippen LogP contribution < -0.4 is 4.74 Å². The SMILES string of the molecule is C[C@@H]1CN2C[C@@H](COc3ccc(C4CCCCC4)cc3)OC2=NC1=O. The Labute approximate surface area is 149 Å². The molecule has 4 rings (SSSR count). The number of hydrogen-bond donors (Lipinski definition) is 0. The maximum atomic E-state index is 11.7. The van der Waals surface area contributed by atoms with E-state index in [1.165, 1.54) is 37.7 Å². The predicted molar refractivity (Wildman–Crippen MR) is 95.8 cm³/mol.